The maximum Gasteiger partial charge on any atom is 0.321 e. The summed E-state index contributed by atoms with van der Waals surface area (Å²) in [4.78, 5) is 39.1. The van der Waals surface area contributed by atoms with Gasteiger partial charge in [-0.25, -0.2) is 0 Å². The molecule has 2 fully saturated rings. The van der Waals surface area contributed by atoms with Crippen LogP contribution in [0.3, 0.4) is 0 Å². The molecule has 2 aliphatic rings. The van der Waals surface area contributed by atoms with E-state index in [1.165, 1.54) is 4.90 Å². The maximum atomic E-state index is 13.1. The van der Waals surface area contributed by atoms with Gasteiger partial charge in [-0.05, 0) is 23.6 Å². The van der Waals surface area contributed by atoms with Crippen LogP contribution in [0.5, 0.6) is 0 Å². The van der Waals surface area contributed by atoms with Gasteiger partial charge in [-0.15, -0.1) is 0 Å². The van der Waals surface area contributed by atoms with E-state index in [-0.39, 0.29) is 12.5 Å². The van der Waals surface area contributed by atoms with Crippen LogP contribution in [-0.2, 0) is 14.4 Å². The molecule has 0 radical (unpaired) electrons. The first-order valence-electron chi connectivity index (χ1n) is 9.60. The van der Waals surface area contributed by atoms with E-state index in [0.717, 1.165) is 16.7 Å². The molecule has 2 heterocycles. The number of benzene rings is 2. The van der Waals surface area contributed by atoms with Crippen molar-refractivity contribution in [1.29, 1.82) is 0 Å². The average molecular weight is 390 g/mol. The molecule has 4 unspecified atom stereocenters. The fraction of sp³-hybridized carbons (Fsp3) is 0.261. The lowest BCUT2D eigenvalue weighted by atomic mass is 9.85. The summed E-state index contributed by atoms with van der Waals surface area (Å²) >= 11 is 0. The van der Waals surface area contributed by atoms with Crippen LogP contribution in [0, 0.1) is 18.8 Å². The number of fused-ring (bicyclic) bond motifs is 1. The number of likely N-dealkylation sites (tertiary alicyclic amines) is 1. The van der Waals surface area contributed by atoms with Crippen LogP contribution in [-0.4, -0.2) is 40.4 Å². The second kappa shape index (κ2) is 7.64. The van der Waals surface area contributed by atoms with Crippen molar-refractivity contribution in [3.63, 3.8) is 0 Å². The van der Waals surface area contributed by atoms with Crippen molar-refractivity contribution in [3.8, 4) is 0 Å². The molecule has 0 saturated carbocycles. The summed E-state index contributed by atoms with van der Waals surface area (Å²) in [5, 5.41) is 12.7. The molecule has 2 amide bonds. The van der Waals surface area contributed by atoms with Gasteiger partial charge >= 0.3 is 5.97 Å². The molecule has 4 rings (SSSR count). The van der Waals surface area contributed by atoms with Crippen LogP contribution < -0.4 is 5.32 Å². The van der Waals surface area contributed by atoms with Crippen molar-refractivity contribution in [1.82, 2.24) is 10.2 Å². The fourth-order valence-corrected chi connectivity index (χ4v) is 4.36. The molecule has 0 aliphatic carbocycles. The Labute approximate surface area is 168 Å². The van der Waals surface area contributed by atoms with Crippen molar-refractivity contribution in [2.45, 2.75) is 19.0 Å². The number of nitrogens with zero attached hydrogens (tertiary/aromatic N) is 1. The van der Waals surface area contributed by atoms with E-state index in [0.29, 0.717) is 0 Å². The number of aryl methyl sites for hydroxylation is 1. The Morgan fingerprint density at radius 1 is 1.03 bits per heavy atom. The number of rotatable bonds is 5. The number of imide groups is 1. The summed E-state index contributed by atoms with van der Waals surface area (Å²) in [7, 11) is 0. The monoisotopic (exact) mass is 390 g/mol. The number of carboxylic acids is 1. The zero-order valence-corrected chi connectivity index (χ0v) is 16.0. The largest absolute Gasteiger partial charge is 0.480 e. The third kappa shape index (κ3) is 3.36. The fourth-order valence-electron chi connectivity index (χ4n) is 4.36. The first-order valence-corrected chi connectivity index (χ1v) is 9.60. The first kappa shape index (κ1) is 19.1. The number of nitrogens with one attached hydrogen (secondary N) is 1. The molecule has 6 heteroatoms. The number of carbonyl (C=O) groups is 3. The second-order valence-corrected chi connectivity index (χ2v) is 7.47. The lowest BCUT2D eigenvalue weighted by molar-refractivity contribution is -0.145. The Balaban J connectivity index is 1.62. The third-order valence-corrected chi connectivity index (χ3v) is 5.75. The summed E-state index contributed by atoms with van der Waals surface area (Å²) in [5.41, 5.74) is 2.78. The van der Waals surface area contributed by atoms with Crippen LogP contribution in [0.1, 0.15) is 22.7 Å². The van der Waals surface area contributed by atoms with Crippen molar-refractivity contribution < 1.29 is 19.5 Å². The molecule has 148 valence electrons. The lowest BCUT2D eigenvalue weighted by Crippen LogP contribution is -2.43. The van der Waals surface area contributed by atoms with Gasteiger partial charge in [-0.2, -0.15) is 0 Å². The third-order valence-electron chi connectivity index (χ3n) is 5.75. The van der Waals surface area contributed by atoms with Gasteiger partial charge < -0.3 is 5.11 Å². The van der Waals surface area contributed by atoms with Gasteiger partial charge in [0.15, 0.2) is 0 Å². The zero-order chi connectivity index (χ0) is 20.5. The van der Waals surface area contributed by atoms with Gasteiger partial charge in [0.2, 0.25) is 11.8 Å². The van der Waals surface area contributed by atoms with Gasteiger partial charge in [0, 0.05) is 12.6 Å². The smallest absolute Gasteiger partial charge is 0.321 e. The minimum absolute atomic E-state index is 0.131. The van der Waals surface area contributed by atoms with E-state index in [4.69, 9.17) is 0 Å². The van der Waals surface area contributed by atoms with Crippen LogP contribution in [0.25, 0.3) is 6.08 Å². The van der Waals surface area contributed by atoms with Gasteiger partial charge in [0.25, 0.3) is 0 Å². The molecular weight excluding hydrogens is 368 g/mol. The minimum Gasteiger partial charge on any atom is -0.480 e. The first-order chi connectivity index (χ1) is 14.0. The van der Waals surface area contributed by atoms with Crippen LogP contribution in [0.2, 0.25) is 0 Å². The normalized spacial score (nSPS) is 26.3. The molecule has 6 nitrogen and oxygen atoms in total. The summed E-state index contributed by atoms with van der Waals surface area (Å²) in [6.45, 7) is 2.05. The molecule has 2 aromatic rings. The number of hydrogen-bond acceptors (Lipinski definition) is 4. The number of aliphatic carboxylic acids is 1. The van der Waals surface area contributed by atoms with E-state index in [9.17, 15) is 19.5 Å². The minimum atomic E-state index is -1.11. The van der Waals surface area contributed by atoms with Crippen LogP contribution >= 0.6 is 0 Å². The maximum absolute atomic E-state index is 13.1. The SMILES string of the molecule is Cc1ccccc1C1NC(C(=O)O)C2C(=O)N(CC=Cc3ccccc3)C(=O)C12. The predicted molar refractivity (Wildman–Crippen MR) is 108 cm³/mol. The van der Waals surface area contributed by atoms with Crippen molar-refractivity contribution in [2.24, 2.45) is 11.8 Å². The van der Waals surface area contributed by atoms with Crippen LogP contribution in [0.4, 0.5) is 0 Å². The number of amides is 2. The lowest BCUT2D eigenvalue weighted by Gasteiger charge is -2.21. The summed E-state index contributed by atoms with van der Waals surface area (Å²) in [6.07, 6.45) is 3.61. The standard InChI is InChI=1S/C23H22N2O4/c1-14-8-5-6-12-16(14)19-17-18(20(24-19)23(28)29)22(27)25(21(17)26)13-7-11-15-9-3-2-4-10-15/h2-12,17-20,24H,13H2,1H3,(H,28,29). The number of hydrogen-bond donors (Lipinski definition) is 2. The Bertz CT molecular complexity index is 985. The molecule has 0 bridgehead atoms. The molecule has 2 aliphatic heterocycles. The van der Waals surface area contributed by atoms with E-state index in [1.807, 2.05) is 67.6 Å². The molecule has 2 aromatic carbocycles. The molecule has 0 aromatic heterocycles. The Morgan fingerprint density at radius 2 is 1.69 bits per heavy atom. The summed E-state index contributed by atoms with van der Waals surface area (Å²) < 4.78 is 0. The quantitative estimate of drug-likeness (QED) is 0.766. The highest BCUT2D eigenvalue weighted by atomic mass is 16.4. The predicted octanol–water partition coefficient (Wildman–Crippen LogP) is 2.41. The van der Waals surface area contributed by atoms with E-state index in [1.54, 1.807) is 6.08 Å². The topological polar surface area (TPSA) is 86.7 Å². The van der Waals surface area contributed by atoms with Gasteiger partial charge in [-0.3, -0.25) is 24.6 Å². The Kier molecular flexibility index (Phi) is 5.03. The van der Waals surface area contributed by atoms with Crippen LogP contribution in [0.15, 0.2) is 60.7 Å². The van der Waals surface area contributed by atoms with E-state index in [2.05, 4.69) is 5.32 Å². The number of carboxylic acid groups (broad SMARTS) is 1. The Hall–Kier alpha value is -3.25. The van der Waals surface area contributed by atoms with Crippen molar-refractivity contribution in [3.05, 3.63) is 77.4 Å². The van der Waals surface area contributed by atoms with Gasteiger partial charge in [-0.1, -0.05) is 66.7 Å². The second-order valence-electron chi connectivity index (χ2n) is 7.47. The highest BCUT2D eigenvalue weighted by Gasteiger charge is 2.60. The van der Waals surface area contributed by atoms with Gasteiger partial charge in [0.1, 0.15) is 6.04 Å². The van der Waals surface area contributed by atoms with Crippen molar-refractivity contribution >= 4 is 23.9 Å². The number of carbonyl (C=O) groups excluding carboxylic acids is 2. The Morgan fingerprint density at radius 3 is 2.38 bits per heavy atom. The van der Waals surface area contributed by atoms with Gasteiger partial charge in [0.05, 0.1) is 11.8 Å². The summed E-state index contributed by atoms with van der Waals surface area (Å²) in [5.74, 6) is -3.46. The molecule has 29 heavy (non-hydrogen) atoms. The highest BCUT2D eigenvalue weighted by molar-refractivity contribution is 6.08. The molecule has 2 saturated heterocycles. The van der Waals surface area contributed by atoms with E-state index < -0.39 is 35.8 Å². The van der Waals surface area contributed by atoms with Crippen molar-refractivity contribution in [2.75, 3.05) is 6.54 Å². The highest BCUT2D eigenvalue weighted by Crippen LogP contribution is 2.44. The average Bonchev–Trinajstić information content (AvgIpc) is 3.22. The zero-order valence-electron chi connectivity index (χ0n) is 16.0. The molecule has 0 spiro atoms. The molecule has 2 N–H and O–H groups in total. The molecular formula is C23H22N2O4. The molecule has 4 atom stereocenters. The summed E-state index contributed by atoms with van der Waals surface area (Å²) in [6, 6.07) is 15.6. The van der Waals surface area contributed by atoms with E-state index >= 15 is 0 Å².